The number of carbonyl (C=O) groups is 2. The van der Waals surface area contributed by atoms with Gasteiger partial charge in [0.05, 0.1) is 54.8 Å². The number of aliphatic hydroxyl groups excluding tert-OH is 3. The number of aliphatic hydroxyl groups is 3. The molecule has 13 nitrogen and oxygen atoms in total. The summed E-state index contributed by atoms with van der Waals surface area (Å²) in [5, 5.41) is 26.4. The van der Waals surface area contributed by atoms with Gasteiger partial charge in [-0.1, -0.05) is 36.4 Å². The van der Waals surface area contributed by atoms with Crippen molar-refractivity contribution in [1.29, 1.82) is 0 Å². The van der Waals surface area contributed by atoms with Gasteiger partial charge in [-0.05, 0) is 31.0 Å². The van der Waals surface area contributed by atoms with E-state index in [1.54, 1.807) is 14.2 Å². The molecule has 2 aromatic carbocycles. The quantitative estimate of drug-likeness (QED) is 0.268. The normalized spacial score (nSPS) is 8.57. The van der Waals surface area contributed by atoms with E-state index in [0.717, 1.165) is 38.9 Å². The molecule has 0 aliphatic carbocycles. The van der Waals surface area contributed by atoms with Gasteiger partial charge in [0.2, 0.25) is 0 Å². The Balaban J connectivity index is -0.000000122. The number of alkyl carbamates (subject to hydrolysis) is 2. The third-order valence-electron chi connectivity index (χ3n) is 3.20. The lowest BCUT2D eigenvalue weighted by molar-refractivity contribution is 0.172. The van der Waals surface area contributed by atoms with Gasteiger partial charge >= 0.3 is 12.2 Å². The molecule has 1 heterocycles. The van der Waals surface area contributed by atoms with Crippen LogP contribution in [0.1, 0.15) is 0 Å². The first-order valence-corrected chi connectivity index (χ1v) is 11.6. The van der Waals surface area contributed by atoms with Gasteiger partial charge in [-0.15, -0.1) is 0 Å². The van der Waals surface area contributed by atoms with Crippen molar-refractivity contribution in [2.45, 2.75) is 0 Å². The maximum Gasteiger partial charge on any atom is 0.406 e. The minimum Gasteiger partial charge on any atom is -0.497 e. The van der Waals surface area contributed by atoms with E-state index in [9.17, 15) is 9.59 Å². The van der Waals surface area contributed by atoms with Crippen LogP contribution in [0.5, 0.6) is 11.5 Å². The SMILES string of the molecule is C1CO1.C=NCCO.CNC(=O)OC.CNC(=O)OC.CO.CO.COc1ccccc1.COc1ccccc1. The van der Waals surface area contributed by atoms with Crippen molar-refractivity contribution in [2.24, 2.45) is 4.99 Å². The zero-order valence-electron chi connectivity index (χ0n) is 25.0. The molecule has 2 aromatic rings. The van der Waals surface area contributed by atoms with Crippen molar-refractivity contribution in [2.75, 3.05) is 83.1 Å². The van der Waals surface area contributed by atoms with Crippen molar-refractivity contribution in [3.05, 3.63) is 60.7 Å². The summed E-state index contributed by atoms with van der Waals surface area (Å²) < 4.78 is 22.6. The van der Waals surface area contributed by atoms with Crippen LogP contribution in [0, 0.1) is 0 Å². The van der Waals surface area contributed by atoms with Crippen LogP contribution < -0.4 is 20.1 Å². The molecule has 0 aromatic heterocycles. The molecular formula is C27H49N3O10. The van der Waals surface area contributed by atoms with E-state index < -0.39 is 12.2 Å². The average molecular weight is 576 g/mol. The molecule has 0 unspecified atom stereocenters. The van der Waals surface area contributed by atoms with Gasteiger partial charge in [0.15, 0.2) is 0 Å². The Morgan fingerprint density at radius 2 is 1.07 bits per heavy atom. The number of methoxy groups -OCH3 is 4. The van der Waals surface area contributed by atoms with Gasteiger partial charge in [-0.25, -0.2) is 9.59 Å². The van der Waals surface area contributed by atoms with Gasteiger partial charge in [-0.2, -0.15) is 0 Å². The van der Waals surface area contributed by atoms with Crippen LogP contribution in [0.2, 0.25) is 0 Å². The number of hydrogen-bond donors (Lipinski definition) is 5. The Kier molecular flexibility index (Phi) is 51.8. The number of nitrogens with zero attached hydrogens (tertiary/aromatic N) is 1. The fourth-order valence-electron chi connectivity index (χ4n) is 1.39. The third kappa shape index (κ3) is 50.9. The zero-order chi connectivity index (χ0) is 31.9. The number of para-hydroxylation sites is 2. The lowest BCUT2D eigenvalue weighted by Crippen LogP contribution is -2.16. The molecule has 1 fully saturated rings. The highest BCUT2D eigenvalue weighted by Gasteiger charge is 1.94. The molecule has 0 spiro atoms. The number of hydrogen-bond acceptors (Lipinski definition) is 11. The number of rotatable bonds is 4. The van der Waals surface area contributed by atoms with Crippen LogP contribution in [-0.2, 0) is 14.2 Å². The number of nitrogens with one attached hydrogen (secondary N) is 2. The van der Waals surface area contributed by atoms with Crippen molar-refractivity contribution in [3.63, 3.8) is 0 Å². The van der Waals surface area contributed by atoms with E-state index in [4.69, 9.17) is 24.8 Å². The average Bonchev–Trinajstić information content (AvgIpc) is 3.95. The van der Waals surface area contributed by atoms with Crippen LogP contribution in [-0.4, -0.2) is 117 Å². The molecule has 2 amide bonds. The Bertz CT molecular complexity index is 668. The first-order chi connectivity index (χ1) is 19.4. The fraction of sp³-hybridized carbons (Fsp3) is 0.444. The number of benzene rings is 2. The predicted octanol–water partition coefficient (Wildman–Crippen LogP) is 2.25. The highest BCUT2D eigenvalue weighted by molar-refractivity contribution is 5.66. The van der Waals surface area contributed by atoms with Gasteiger partial charge in [0, 0.05) is 28.3 Å². The summed E-state index contributed by atoms with van der Waals surface area (Å²) in [5.41, 5.74) is 0. The maximum absolute atomic E-state index is 9.85. The molecule has 13 heteroatoms. The summed E-state index contributed by atoms with van der Waals surface area (Å²) >= 11 is 0. The first-order valence-electron chi connectivity index (χ1n) is 11.6. The van der Waals surface area contributed by atoms with E-state index in [1.807, 2.05) is 60.7 Å². The Hall–Kier alpha value is -3.91. The summed E-state index contributed by atoms with van der Waals surface area (Å²) in [6.07, 6.45) is -0.815. The monoisotopic (exact) mass is 575 g/mol. The van der Waals surface area contributed by atoms with E-state index in [0.29, 0.717) is 6.54 Å². The number of amides is 2. The third-order valence-corrected chi connectivity index (χ3v) is 3.20. The second-order valence-electron chi connectivity index (χ2n) is 5.80. The van der Waals surface area contributed by atoms with Gasteiger partial charge in [0.25, 0.3) is 0 Å². The van der Waals surface area contributed by atoms with Crippen LogP contribution in [0.25, 0.3) is 0 Å². The van der Waals surface area contributed by atoms with Gasteiger partial charge < -0.3 is 49.6 Å². The summed E-state index contributed by atoms with van der Waals surface area (Å²) in [6.45, 7) is 5.71. The lowest BCUT2D eigenvalue weighted by atomic mass is 10.3. The largest absolute Gasteiger partial charge is 0.497 e. The van der Waals surface area contributed by atoms with Crippen molar-refractivity contribution >= 4 is 18.9 Å². The topological polar surface area (TPSA) is 181 Å². The van der Waals surface area contributed by atoms with Crippen LogP contribution in [0.15, 0.2) is 65.7 Å². The number of carbonyl (C=O) groups excluding carboxylic acids is 2. The molecule has 0 radical (unpaired) electrons. The summed E-state index contributed by atoms with van der Waals surface area (Å²) in [4.78, 5) is 23.0. The molecule has 1 saturated heterocycles. The Morgan fingerprint density at radius 1 is 0.775 bits per heavy atom. The van der Waals surface area contributed by atoms with Gasteiger partial charge in [0.1, 0.15) is 11.5 Å². The maximum atomic E-state index is 9.85. The molecule has 1 aliphatic heterocycles. The number of aliphatic imine (C=N–C) groups is 1. The van der Waals surface area contributed by atoms with Crippen molar-refractivity contribution in [3.8, 4) is 11.5 Å². The number of epoxide rings is 1. The van der Waals surface area contributed by atoms with Crippen molar-refractivity contribution < 1.29 is 48.6 Å². The number of ether oxygens (including phenoxy) is 5. The molecule has 1 aliphatic rings. The van der Waals surface area contributed by atoms with Crippen LogP contribution in [0.3, 0.4) is 0 Å². The molecule has 3 rings (SSSR count). The van der Waals surface area contributed by atoms with E-state index in [-0.39, 0.29) is 6.61 Å². The standard InChI is InChI=1S/2C7H8O.2C3H7NO2.C3H7NO.C2H4O.2CH4O/c2*1-8-7-5-3-2-4-6-7;2*1-4-3(5)6-2;1-4-2-3-5;1-2-3-1;2*1-2/h2*2-6H,1H3;2*1-2H3,(H,4,5);5H,1-3H2;1-2H2;2*2H,1H3. The molecule has 232 valence electrons. The van der Waals surface area contributed by atoms with E-state index >= 15 is 0 Å². The van der Waals surface area contributed by atoms with Crippen LogP contribution in [0.4, 0.5) is 9.59 Å². The minimum atomic E-state index is -0.407. The molecule has 0 saturated carbocycles. The fourth-order valence-corrected chi connectivity index (χ4v) is 1.39. The van der Waals surface area contributed by atoms with Crippen molar-refractivity contribution in [1.82, 2.24) is 10.6 Å². The predicted molar refractivity (Wildman–Crippen MR) is 158 cm³/mol. The second kappa shape index (κ2) is 45.0. The van der Waals surface area contributed by atoms with E-state index in [2.05, 4.69) is 36.6 Å². The van der Waals surface area contributed by atoms with Gasteiger partial charge in [-0.3, -0.25) is 4.99 Å². The first kappa shape index (κ1) is 46.0. The summed E-state index contributed by atoms with van der Waals surface area (Å²) in [6, 6.07) is 19.4. The summed E-state index contributed by atoms with van der Waals surface area (Å²) in [5.74, 6) is 1.82. The molecule has 5 N–H and O–H groups in total. The highest BCUT2D eigenvalue weighted by atomic mass is 16.6. The van der Waals surface area contributed by atoms with Crippen LogP contribution >= 0.6 is 0 Å². The molecule has 0 atom stereocenters. The molecule has 0 bridgehead atoms. The molecule has 40 heavy (non-hydrogen) atoms. The lowest BCUT2D eigenvalue weighted by Gasteiger charge is -1.93. The second-order valence-corrected chi connectivity index (χ2v) is 5.80. The zero-order valence-corrected chi connectivity index (χ0v) is 25.0. The smallest absolute Gasteiger partial charge is 0.406 e. The molecular weight excluding hydrogens is 526 g/mol. The van der Waals surface area contributed by atoms with E-state index in [1.165, 1.54) is 28.3 Å². The minimum absolute atomic E-state index is 0.115. The Morgan fingerprint density at radius 3 is 1.15 bits per heavy atom. The highest BCUT2D eigenvalue weighted by Crippen LogP contribution is 2.06. The summed E-state index contributed by atoms with van der Waals surface area (Å²) in [7, 11) is 11.0. The Labute approximate surface area is 238 Å².